The molecule has 0 aliphatic heterocycles. The van der Waals surface area contributed by atoms with Gasteiger partial charge in [0, 0.05) is 12.8 Å². The van der Waals surface area contributed by atoms with E-state index in [-0.39, 0.29) is 17.5 Å². The zero-order valence-electron chi connectivity index (χ0n) is 18.3. The van der Waals surface area contributed by atoms with Crippen LogP contribution in [-0.2, 0) is 11.2 Å². The number of nitrogens with zero attached hydrogens (tertiary/aromatic N) is 1. The summed E-state index contributed by atoms with van der Waals surface area (Å²) < 4.78 is 0. The average molecular weight is 432 g/mol. The molecule has 162 valence electrons. The molecule has 0 amide bonds. The van der Waals surface area contributed by atoms with Gasteiger partial charge in [-0.1, -0.05) is 91.0 Å². The summed E-state index contributed by atoms with van der Waals surface area (Å²) in [6.07, 6.45) is 1.28. The summed E-state index contributed by atoms with van der Waals surface area (Å²) in [5, 5.41) is 13.4. The fraction of sp³-hybridized carbons (Fsp3) is 0.133. The molecule has 5 rings (SSSR count). The Hall–Kier alpha value is -3.98. The molecule has 1 fully saturated rings. The van der Waals surface area contributed by atoms with E-state index < -0.39 is 0 Å². The Balaban J connectivity index is 1.57. The van der Waals surface area contributed by atoms with Gasteiger partial charge in [-0.3, -0.25) is 9.79 Å². The maximum Gasteiger partial charge on any atom is 0.168 e. The summed E-state index contributed by atoms with van der Waals surface area (Å²) in [6, 6.07) is 33.9. The van der Waals surface area contributed by atoms with Gasteiger partial charge >= 0.3 is 0 Å². The van der Waals surface area contributed by atoms with E-state index >= 15 is 0 Å². The van der Waals surface area contributed by atoms with Crippen molar-refractivity contribution in [3.8, 4) is 0 Å². The van der Waals surface area contributed by atoms with Gasteiger partial charge < -0.3 is 5.11 Å². The number of aliphatic hydroxyl groups is 1. The number of para-hydroxylation sites is 1. The Morgan fingerprint density at radius 2 is 1.45 bits per heavy atom. The van der Waals surface area contributed by atoms with E-state index in [0.717, 1.165) is 27.6 Å². The van der Waals surface area contributed by atoms with Gasteiger partial charge in [0.2, 0.25) is 0 Å². The predicted octanol–water partition coefficient (Wildman–Crippen LogP) is 7.11. The summed E-state index contributed by atoms with van der Waals surface area (Å²) in [5.74, 6) is 0.0929. The van der Waals surface area contributed by atoms with Crippen LogP contribution in [0.1, 0.15) is 29.9 Å². The predicted molar refractivity (Wildman–Crippen MR) is 134 cm³/mol. The number of benzene rings is 4. The van der Waals surface area contributed by atoms with Crippen LogP contribution in [-0.4, -0.2) is 16.6 Å². The largest absolute Gasteiger partial charge is 0.511 e. The van der Waals surface area contributed by atoms with E-state index in [9.17, 15) is 9.90 Å². The molecule has 0 aromatic heterocycles. The Kier molecular flexibility index (Phi) is 5.86. The monoisotopic (exact) mass is 431 g/mol. The fourth-order valence-corrected chi connectivity index (χ4v) is 4.66. The van der Waals surface area contributed by atoms with Crippen LogP contribution < -0.4 is 0 Å². The first-order valence-electron chi connectivity index (χ1n) is 11.3. The van der Waals surface area contributed by atoms with Crippen LogP contribution in [0.5, 0.6) is 0 Å². The van der Waals surface area contributed by atoms with Crippen LogP contribution in [0.4, 0.5) is 5.69 Å². The van der Waals surface area contributed by atoms with Crippen molar-refractivity contribution in [1.29, 1.82) is 0 Å². The molecule has 1 atom stereocenters. The second-order valence-corrected chi connectivity index (χ2v) is 8.47. The standard InChI is InChI=1S/C30H25NO2/c32-28(19-23-14-9-13-22-12-7-8-17-26(22)23)30-27(31-25-15-5-2-6-16-25)18-24(20-29(30)33)21-10-3-1-4-11-21/h1-17,24,32H,18-20H2/b30-28+,31-27?. The van der Waals surface area contributed by atoms with Crippen molar-refractivity contribution < 1.29 is 9.90 Å². The van der Waals surface area contributed by atoms with Crippen molar-refractivity contribution in [2.45, 2.75) is 25.2 Å². The molecule has 3 nitrogen and oxygen atoms in total. The third-order valence-corrected chi connectivity index (χ3v) is 6.26. The SMILES string of the molecule is O=C1CC(c2ccccc2)CC(=Nc2ccccc2)/C1=C(\O)Cc1cccc2ccccc12. The van der Waals surface area contributed by atoms with Crippen molar-refractivity contribution in [3.05, 3.63) is 126 Å². The third-order valence-electron chi connectivity index (χ3n) is 6.26. The summed E-state index contributed by atoms with van der Waals surface area (Å²) in [6.45, 7) is 0. The highest BCUT2D eigenvalue weighted by Gasteiger charge is 2.32. The number of hydrogen-bond acceptors (Lipinski definition) is 3. The first kappa shape index (κ1) is 20.9. The van der Waals surface area contributed by atoms with E-state index in [2.05, 4.69) is 30.3 Å². The van der Waals surface area contributed by atoms with E-state index in [4.69, 9.17) is 4.99 Å². The molecule has 1 aliphatic carbocycles. The number of aliphatic hydroxyl groups excluding tert-OH is 1. The maximum absolute atomic E-state index is 13.4. The molecule has 4 aromatic carbocycles. The minimum absolute atomic E-state index is 0.0512. The number of Topliss-reactive ketones (excluding diaryl/α,β-unsaturated/α-hetero) is 1. The number of fused-ring (bicyclic) bond motifs is 1. The molecule has 0 spiro atoms. The number of rotatable bonds is 4. The van der Waals surface area contributed by atoms with Gasteiger partial charge in [-0.2, -0.15) is 0 Å². The molecule has 0 radical (unpaired) electrons. The minimum Gasteiger partial charge on any atom is -0.511 e. The lowest BCUT2D eigenvalue weighted by Gasteiger charge is -2.26. The molecule has 1 unspecified atom stereocenters. The number of aliphatic imine (C=N–C) groups is 1. The van der Waals surface area contributed by atoms with Crippen LogP contribution in [0.25, 0.3) is 10.8 Å². The highest BCUT2D eigenvalue weighted by molar-refractivity contribution is 6.25. The first-order valence-corrected chi connectivity index (χ1v) is 11.3. The normalized spacial score (nSPS) is 19.1. The Bertz CT molecular complexity index is 1350. The van der Waals surface area contributed by atoms with Crippen molar-refractivity contribution in [3.63, 3.8) is 0 Å². The number of hydrogen-bond donors (Lipinski definition) is 1. The molecule has 3 heteroatoms. The van der Waals surface area contributed by atoms with Gasteiger partial charge in [-0.05, 0) is 46.4 Å². The van der Waals surface area contributed by atoms with Crippen LogP contribution in [0.2, 0.25) is 0 Å². The Morgan fingerprint density at radius 1 is 0.788 bits per heavy atom. The quantitative estimate of drug-likeness (QED) is 0.276. The van der Waals surface area contributed by atoms with E-state index in [1.54, 1.807) is 0 Å². The van der Waals surface area contributed by atoms with Crippen molar-refractivity contribution in [1.82, 2.24) is 0 Å². The molecular weight excluding hydrogens is 406 g/mol. The van der Waals surface area contributed by atoms with Crippen molar-refractivity contribution in [2.24, 2.45) is 4.99 Å². The van der Waals surface area contributed by atoms with Gasteiger partial charge in [0.15, 0.2) is 5.78 Å². The molecule has 4 aromatic rings. The van der Waals surface area contributed by atoms with E-state index in [0.29, 0.717) is 30.5 Å². The summed E-state index contributed by atoms with van der Waals surface area (Å²) in [5.41, 5.74) is 3.93. The maximum atomic E-state index is 13.4. The van der Waals surface area contributed by atoms with Gasteiger partial charge in [0.1, 0.15) is 5.76 Å². The van der Waals surface area contributed by atoms with Crippen LogP contribution in [0.3, 0.4) is 0 Å². The van der Waals surface area contributed by atoms with Crippen LogP contribution >= 0.6 is 0 Å². The molecule has 33 heavy (non-hydrogen) atoms. The second kappa shape index (κ2) is 9.25. The molecular formula is C30H25NO2. The summed E-state index contributed by atoms with van der Waals surface area (Å²) in [7, 11) is 0. The molecule has 1 saturated carbocycles. The number of carbonyl (C=O) groups excluding carboxylic acids is 1. The summed E-state index contributed by atoms with van der Waals surface area (Å²) in [4.78, 5) is 18.2. The topological polar surface area (TPSA) is 49.7 Å². The Morgan fingerprint density at radius 3 is 2.24 bits per heavy atom. The van der Waals surface area contributed by atoms with Gasteiger partial charge in [-0.15, -0.1) is 0 Å². The van der Waals surface area contributed by atoms with Gasteiger partial charge in [0.25, 0.3) is 0 Å². The number of ketones is 1. The molecule has 1 aliphatic rings. The highest BCUT2D eigenvalue weighted by Crippen LogP contribution is 2.35. The lowest BCUT2D eigenvalue weighted by atomic mass is 9.78. The van der Waals surface area contributed by atoms with E-state index in [1.807, 2.05) is 72.8 Å². The van der Waals surface area contributed by atoms with Gasteiger partial charge in [-0.25, -0.2) is 0 Å². The molecule has 1 N–H and O–H groups in total. The Labute approximate surface area is 193 Å². The van der Waals surface area contributed by atoms with Crippen LogP contribution in [0, 0.1) is 0 Å². The number of allylic oxidation sites excluding steroid dienone is 2. The van der Waals surface area contributed by atoms with Crippen molar-refractivity contribution in [2.75, 3.05) is 0 Å². The number of carbonyl (C=O) groups is 1. The third kappa shape index (κ3) is 4.49. The molecule has 0 saturated heterocycles. The fourth-order valence-electron chi connectivity index (χ4n) is 4.66. The lowest BCUT2D eigenvalue weighted by molar-refractivity contribution is -0.115. The molecule has 0 heterocycles. The highest BCUT2D eigenvalue weighted by atomic mass is 16.3. The zero-order chi connectivity index (χ0) is 22.6. The second-order valence-electron chi connectivity index (χ2n) is 8.47. The van der Waals surface area contributed by atoms with E-state index in [1.165, 1.54) is 0 Å². The smallest absolute Gasteiger partial charge is 0.168 e. The van der Waals surface area contributed by atoms with Crippen LogP contribution in [0.15, 0.2) is 119 Å². The van der Waals surface area contributed by atoms with Gasteiger partial charge in [0.05, 0.1) is 17.0 Å². The van der Waals surface area contributed by atoms with Crippen molar-refractivity contribution >= 4 is 28.0 Å². The molecule has 0 bridgehead atoms. The lowest BCUT2D eigenvalue weighted by Crippen LogP contribution is -2.27. The first-order chi connectivity index (χ1) is 16.2. The average Bonchev–Trinajstić information content (AvgIpc) is 2.85. The minimum atomic E-state index is -0.0532. The summed E-state index contributed by atoms with van der Waals surface area (Å²) >= 11 is 0. The zero-order valence-corrected chi connectivity index (χ0v) is 18.3.